The van der Waals surface area contributed by atoms with Crippen molar-refractivity contribution in [1.82, 2.24) is 4.98 Å². The van der Waals surface area contributed by atoms with E-state index in [1.165, 1.54) is 6.07 Å². The molecule has 0 unspecified atom stereocenters. The van der Waals surface area contributed by atoms with Crippen molar-refractivity contribution < 1.29 is 14.1 Å². The highest BCUT2D eigenvalue weighted by Gasteiger charge is 2.15. The molecule has 2 aromatic carbocycles. The van der Waals surface area contributed by atoms with E-state index in [1.807, 2.05) is 30.3 Å². The Kier molecular flexibility index (Phi) is 5.07. The Labute approximate surface area is 149 Å². The van der Waals surface area contributed by atoms with E-state index in [0.717, 1.165) is 5.56 Å². The maximum absolute atomic E-state index is 12.1. The molecule has 0 radical (unpaired) electrons. The van der Waals surface area contributed by atoms with E-state index in [1.54, 1.807) is 25.3 Å². The number of carbonyl (C=O) groups is 1. The second kappa shape index (κ2) is 7.60. The summed E-state index contributed by atoms with van der Waals surface area (Å²) in [6, 6.07) is 14.2. The van der Waals surface area contributed by atoms with E-state index < -0.39 is 4.92 Å². The second-order valence-electron chi connectivity index (χ2n) is 5.74. The van der Waals surface area contributed by atoms with Gasteiger partial charge in [-0.05, 0) is 13.0 Å². The van der Waals surface area contributed by atoms with Crippen LogP contribution >= 0.6 is 0 Å². The summed E-state index contributed by atoms with van der Waals surface area (Å²) >= 11 is 0. The second-order valence-corrected chi connectivity index (χ2v) is 5.74. The van der Waals surface area contributed by atoms with Crippen LogP contribution in [0.2, 0.25) is 0 Å². The first-order valence-corrected chi connectivity index (χ1v) is 8.08. The minimum atomic E-state index is -0.469. The molecular weight excluding hydrogens is 334 g/mol. The van der Waals surface area contributed by atoms with Gasteiger partial charge in [0.05, 0.1) is 22.4 Å². The number of rotatable bonds is 6. The first kappa shape index (κ1) is 17.3. The van der Waals surface area contributed by atoms with Crippen LogP contribution in [0.3, 0.4) is 0 Å². The van der Waals surface area contributed by atoms with Gasteiger partial charge < -0.3 is 9.73 Å². The van der Waals surface area contributed by atoms with E-state index in [0.29, 0.717) is 29.3 Å². The van der Waals surface area contributed by atoms with Crippen LogP contribution in [0.5, 0.6) is 0 Å². The minimum absolute atomic E-state index is 0.0250. The van der Waals surface area contributed by atoms with Gasteiger partial charge in [-0.3, -0.25) is 14.9 Å². The Balaban J connectivity index is 1.61. The van der Waals surface area contributed by atoms with Gasteiger partial charge in [0.25, 0.3) is 5.69 Å². The number of aromatic nitrogens is 1. The first-order chi connectivity index (χ1) is 12.5. The number of nitrogens with zero attached hydrogens (tertiary/aromatic N) is 2. The summed E-state index contributed by atoms with van der Waals surface area (Å²) in [4.78, 5) is 26.8. The average Bonchev–Trinajstić information content (AvgIpc) is 3.11. The Morgan fingerprint density at radius 3 is 2.69 bits per heavy atom. The Morgan fingerprint density at radius 1 is 1.19 bits per heavy atom. The van der Waals surface area contributed by atoms with Crippen molar-refractivity contribution in [2.24, 2.45) is 0 Å². The molecule has 1 amide bonds. The Bertz CT molecular complexity index is 935. The molecule has 0 aliphatic carbocycles. The van der Waals surface area contributed by atoms with Gasteiger partial charge in [0.15, 0.2) is 11.7 Å². The van der Waals surface area contributed by atoms with Gasteiger partial charge in [0.1, 0.15) is 0 Å². The molecule has 0 aliphatic heterocycles. The standard InChI is InChI=1S/C19H17N3O4/c1-13-15(8-5-9-16(13)22(24)25)21-18(23)10-11-19-20-12-17(26-19)14-6-3-2-4-7-14/h2-9,12H,10-11H2,1H3,(H,21,23). The van der Waals surface area contributed by atoms with Crippen molar-refractivity contribution in [3.8, 4) is 11.3 Å². The summed E-state index contributed by atoms with van der Waals surface area (Å²) in [5.41, 5.74) is 1.75. The van der Waals surface area contributed by atoms with Crippen LogP contribution in [-0.2, 0) is 11.2 Å². The third kappa shape index (κ3) is 3.94. The number of hydrogen-bond donors (Lipinski definition) is 1. The number of amides is 1. The Hall–Kier alpha value is -3.48. The fourth-order valence-corrected chi connectivity index (χ4v) is 2.55. The van der Waals surface area contributed by atoms with Gasteiger partial charge in [-0.1, -0.05) is 36.4 Å². The predicted octanol–water partition coefficient (Wildman–Crippen LogP) is 4.13. The van der Waals surface area contributed by atoms with Gasteiger partial charge >= 0.3 is 0 Å². The third-order valence-electron chi connectivity index (χ3n) is 3.95. The van der Waals surface area contributed by atoms with Crippen molar-refractivity contribution in [2.75, 3.05) is 5.32 Å². The number of anilines is 1. The van der Waals surface area contributed by atoms with E-state index in [9.17, 15) is 14.9 Å². The molecule has 0 atom stereocenters. The minimum Gasteiger partial charge on any atom is -0.441 e. The van der Waals surface area contributed by atoms with Crippen LogP contribution in [0.15, 0.2) is 59.1 Å². The molecule has 3 aromatic rings. The van der Waals surface area contributed by atoms with E-state index >= 15 is 0 Å². The number of nitro benzene ring substituents is 1. The number of hydrogen-bond acceptors (Lipinski definition) is 5. The number of carbonyl (C=O) groups excluding carboxylic acids is 1. The number of nitrogens with one attached hydrogen (secondary N) is 1. The maximum atomic E-state index is 12.1. The van der Waals surface area contributed by atoms with Crippen LogP contribution in [0.25, 0.3) is 11.3 Å². The number of nitro groups is 1. The van der Waals surface area contributed by atoms with E-state index in [4.69, 9.17) is 4.42 Å². The van der Waals surface area contributed by atoms with Crippen molar-refractivity contribution >= 4 is 17.3 Å². The fraction of sp³-hybridized carbons (Fsp3) is 0.158. The van der Waals surface area contributed by atoms with E-state index in [-0.39, 0.29) is 18.0 Å². The zero-order valence-electron chi connectivity index (χ0n) is 14.1. The Morgan fingerprint density at radius 2 is 1.96 bits per heavy atom. The molecule has 7 heteroatoms. The zero-order valence-corrected chi connectivity index (χ0v) is 14.1. The molecule has 1 heterocycles. The summed E-state index contributed by atoms with van der Waals surface area (Å²) in [6.07, 6.45) is 2.14. The molecule has 0 fully saturated rings. The lowest BCUT2D eigenvalue weighted by Crippen LogP contribution is -2.13. The van der Waals surface area contributed by atoms with Crippen LogP contribution < -0.4 is 5.32 Å². The first-order valence-electron chi connectivity index (χ1n) is 8.08. The average molecular weight is 351 g/mol. The third-order valence-corrected chi connectivity index (χ3v) is 3.95. The molecule has 1 aromatic heterocycles. The smallest absolute Gasteiger partial charge is 0.274 e. The molecule has 0 saturated heterocycles. The van der Waals surface area contributed by atoms with Gasteiger partial charge in [0, 0.05) is 24.5 Å². The van der Waals surface area contributed by atoms with E-state index in [2.05, 4.69) is 10.3 Å². The van der Waals surface area contributed by atoms with Crippen molar-refractivity contribution in [2.45, 2.75) is 19.8 Å². The summed E-state index contributed by atoms with van der Waals surface area (Å²) in [7, 11) is 0. The fourth-order valence-electron chi connectivity index (χ4n) is 2.55. The molecule has 0 bridgehead atoms. The normalized spacial score (nSPS) is 10.5. The van der Waals surface area contributed by atoms with Gasteiger partial charge in [-0.25, -0.2) is 4.98 Å². The highest BCUT2D eigenvalue weighted by molar-refractivity contribution is 5.92. The summed E-state index contributed by atoms with van der Waals surface area (Å²) in [5.74, 6) is 0.860. The predicted molar refractivity (Wildman–Crippen MR) is 96.7 cm³/mol. The monoisotopic (exact) mass is 351 g/mol. The summed E-state index contributed by atoms with van der Waals surface area (Å²) in [5, 5.41) is 13.7. The van der Waals surface area contributed by atoms with Crippen LogP contribution in [0, 0.1) is 17.0 Å². The topological polar surface area (TPSA) is 98.3 Å². The van der Waals surface area contributed by atoms with Crippen LogP contribution in [-0.4, -0.2) is 15.8 Å². The molecule has 0 aliphatic rings. The SMILES string of the molecule is Cc1c(NC(=O)CCc2ncc(-c3ccccc3)o2)cccc1[N+](=O)[O-]. The number of aryl methyl sites for hydroxylation is 1. The molecule has 7 nitrogen and oxygen atoms in total. The van der Waals surface area contributed by atoms with Gasteiger partial charge in [-0.15, -0.1) is 0 Å². The zero-order chi connectivity index (χ0) is 18.5. The van der Waals surface area contributed by atoms with Crippen molar-refractivity contribution in [3.05, 3.63) is 76.3 Å². The highest BCUT2D eigenvalue weighted by atomic mass is 16.6. The molecule has 0 spiro atoms. The van der Waals surface area contributed by atoms with Crippen molar-refractivity contribution in [1.29, 1.82) is 0 Å². The van der Waals surface area contributed by atoms with Gasteiger partial charge in [-0.2, -0.15) is 0 Å². The van der Waals surface area contributed by atoms with Crippen LogP contribution in [0.1, 0.15) is 17.9 Å². The quantitative estimate of drug-likeness (QED) is 0.532. The van der Waals surface area contributed by atoms with Crippen molar-refractivity contribution in [3.63, 3.8) is 0 Å². The number of benzene rings is 2. The largest absolute Gasteiger partial charge is 0.441 e. The lowest BCUT2D eigenvalue weighted by Gasteiger charge is -2.08. The molecular formula is C19H17N3O4. The molecule has 1 N–H and O–H groups in total. The summed E-state index contributed by atoms with van der Waals surface area (Å²) in [6.45, 7) is 1.61. The lowest BCUT2D eigenvalue weighted by molar-refractivity contribution is -0.385. The lowest BCUT2D eigenvalue weighted by atomic mass is 10.1. The maximum Gasteiger partial charge on any atom is 0.274 e. The highest BCUT2D eigenvalue weighted by Crippen LogP contribution is 2.25. The molecule has 132 valence electrons. The van der Waals surface area contributed by atoms with Gasteiger partial charge in [0.2, 0.25) is 5.91 Å². The molecule has 26 heavy (non-hydrogen) atoms. The van der Waals surface area contributed by atoms with Crippen LogP contribution in [0.4, 0.5) is 11.4 Å². The summed E-state index contributed by atoms with van der Waals surface area (Å²) < 4.78 is 5.66. The molecule has 0 saturated carbocycles. The number of oxazole rings is 1. The molecule has 3 rings (SSSR count).